The Balaban J connectivity index is 1.97. The normalized spacial score (nSPS) is 16.7. The van der Waals surface area contributed by atoms with E-state index in [9.17, 15) is 4.79 Å². The highest BCUT2D eigenvalue weighted by atomic mass is 16.5. The first-order valence-corrected chi connectivity index (χ1v) is 11.4. The van der Waals surface area contributed by atoms with Crippen LogP contribution in [0.3, 0.4) is 0 Å². The molecule has 0 aromatic heterocycles. The maximum absolute atomic E-state index is 11.9. The summed E-state index contributed by atoms with van der Waals surface area (Å²) in [5.74, 6) is 0.665. The molecular formula is C28H36O3. The molecule has 0 radical (unpaired) electrons. The average Bonchev–Trinajstić information content (AvgIpc) is 2.74. The van der Waals surface area contributed by atoms with Crippen molar-refractivity contribution in [3.63, 3.8) is 0 Å². The summed E-state index contributed by atoms with van der Waals surface area (Å²) < 4.78 is 11.2. The number of rotatable bonds is 7. The predicted molar refractivity (Wildman–Crippen MR) is 129 cm³/mol. The van der Waals surface area contributed by atoms with Gasteiger partial charge in [-0.3, -0.25) is 0 Å². The third kappa shape index (κ3) is 5.20. The van der Waals surface area contributed by atoms with Crippen LogP contribution in [0.1, 0.15) is 93.4 Å². The van der Waals surface area contributed by atoms with Crippen molar-refractivity contribution in [2.24, 2.45) is 0 Å². The van der Waals surface area contributed by atoms with Crippen molar-refractivity contribution in [1.29, 1.82) is 0 Å². The van der Waals surface area contributed by atoms with E-state index in [1.807, 2.05) is 31.2 Å². The highest BCUT2D eigenvalue weighted by Gasteiger charge is 2.37. The second-order valence-electron chi connectivity index (χ2n) is 9.73. The Labute approximate surface area is 187 Å². The minimum atomic E-state index is -0.284. The summed E-state index contributed by atoms with van der Waals surface area (Å²) >= 11 is 0. The fraction of sp³-hybridized carbons (Fsp3) is 0.464. The number of hydrogen-bond donors (Lipinski definition) is 0. The van der Waals surface area contributed by atoms with E-state index in [4.69, 9.17) is 9.47 Å². The number of esters is 1. The number of benzene rings is 2. The van der Waals surface area contributed by atoms with Crippen molar-refractivity contribution in [2.75, 3.05) is 13.2 Å². The Morgan fingerprint density at radius 2 is 1.55 bits per heavy atom. The number of ether oxygens (including phenoxy) is 2. The lowest BCUT2D eigenvalue weighted by molar-refractivity contribution is 0.0526. The minimum Gasteiger partial charge on any atom is -0.493 e. The van der Waals surface area contributed by atoms with Crippen LogP contribution < -0.4 is 4.74 Å². The van der Waals surface area contributed by atoms with Gasteiger partial charge in [0.1, 0.15) is 5.75 Å². The number of hydrogen-bond acceptors (Lipinski definition) is 3. The van der Waals surface area contributed by atoms with Crippen LogP contribution in [0.15, 0.2) is 36.4 Å². The van der Waals surface area contributed by atoms with E-state index < -0.39 is 0 Å². The van der Waals surface area contributed by atoms with Gasteiger partial charge in [-0.15, -0.1) is 0 Å². The number of carbonyl (C=O) groups excluding carboxylic acids is 1. The van der Waals surface area contributed by atoms with E-state index in [-0.39, 0.29) is 16.8 Å². The molecule has 166 valence electrons. The molecule has 0 amide bonds. The minimum absolute atomic E-state index is 0.151. The number of carbonyl (C=O) groups is 1. The lowest BCUT2D eigenvalue weighted by Crippen LogP contribution is -2.34. The van der Waals surface area contributed by atoms with Crippen molar-refractivity contribution in [3.05, 3.63) is 64.2 Å². The van der Waals surface area contributed by atoms with Gasteiger partial charge in [-0.05, 0) is 78.0 Å². The van der Waals surface area contributed by atoms with Gasteiger partial charge in [-0.2, -0.15) is 0 Å². The molecular weight excluding hydrogens is 384 g/mol. The maximum atomic E-state index is 11.9. The van der Waals surface area contributed by atoms with E-state index in [1.165, 1.54) is 24.0 Å². The molecule has 31 heavy (non-hydrogen) atoms. The summed E-state index contributed by atoms with van der Waals surface area (Å²) in [7, 11) is 0. The van der Waals surface area contributed by atoms with E-state index in [2.05, 4.69) is 58.9 Å². The fourth-order valence-electron chi connectivity index (χ4n) is 4.21. The van der Waals surface area contributed by atoms with Crippen LogP contribution in [0, 0.1) is 0 Å². The van der Waals surface area contributed by atoms with Crippen molar-refractivity contribution in [3.8, 4) is 5.75 Å². The quantitative estimate of drug-likeness (QED) is 0.352. The lowest BCUT2D eigenvalue weighted by Gasteiger charge is -2.42. The summed E-state index contributed by atoms with van der Waals surface area (Å²) in [4.78, 5) is 11.9. The Kier molecular flexibility index (Phi) is 6.93. The summed E-state index contributed by atoms with van der Waals surface area (Å²) in [5.41, 5.74) is 5.84. The predicted octanol–water partition coefficient (Wildman–Crippen LogP) is 7.17. The first kappa shape index (κ1) is 23.1. The summed E-state index contributed by atoms with van der Waals surface area (Å²) in [6.45, 7) is 14.4. The molecule has 3 heteroatoms. The van der Waals surface area contributed by atoms with Crippen LogP contribution in [0.4, 0.5) is 0 Å². The zero-order valence-electron chi connectivity index (χ0n) is 19.9. The molecule has 1 aliphatic carbocycles. The molecule has 1 aliphatic rings. The molecule has 3 rings (SSSR count). The second kappa shape index (κ2) is 9.30. The lowest BCUT2D eigenvalue weighted by atomic mass is 9.63. The van der Waals surface area contributed by atoms with Gasteiger partial charge in [-0.25, -0.2) is 4.79 Å². The van der Waals surface area contributed by atoms with Gasteiger partial charge in [-0.1, -0.05) is 58.9 Å². The standard InChI is InChI=1S/C28H36O3/c1-7-17-31-25-19-24-23(27(3,4)15-16-28(24,5)6)18-22(25)14-11-20-9-12-21(13-10-20)26(29)30-8-2/h9-14,18-19H,7-8,15-17H2,1-6H3/b14-11+. The first-order chi connectivity index (χ1) is 14.7. The van der Waals surface area contributed by atoms with Crippen LogP contribution in [-0.2, 0) is 15.6 Å². The van der Waals surface area contributed by atoms with Gasteiger partial charge in [0.15, 0.2) is 0 Å². The summed E-state index contributed by atoms with van der Waals surface area (Å²) in [6, 6.07) is 12.1. The molecule has 0 spiro atoms. The van der Waals surface area contributed by atoms with Crippen LogP contribution in [0.25, 0.3) is 12.2 Å². The van der Waals surface area contributed by atoms with Crippen LogP contribution in [-0.4, -0.2) is 19.2 Å². The van der Waals surface area contributed by atoms with Crippen LogP contribution in [0.2, 0.25) is 0 Å². The average molecular weight is 421 g/mol. The van der Waals surface area contributed by atoms with E-state index in [0.717, 1.165) is 23.3 Å². The van der Waals surface area contributed by atoms with Crippen molar-refractivity contribution >= 4 is 18.1 Å². The van der Waals surface area contributed by atoms with E-state index in [0.29, 0.717) is 18.8 Å². The smallest absolute Gasteiger partial charge is 0.338 e. The molecule has 0 saturated carbocycles. The van der Waals surface area contributed by atoms with Gasteiger partial charge < -0.3 is 9.47 Å². The summed E-state index contributed by atoms with van der Waals surface area (Å²) in [6.07, 6.45) is 7.55. The molecule has 3 nitrogen and oxygen atoms in total. The Morgan fingerprint density at radius 1 is 0.935 bits per heavy atom. The van der Waals surface area contributed by atoms with Crippen molar-refractivity contribution < 1.29 is 14.3 Å². The highest BCUT2D eigenvalue weighted by molar-refractivity contribution is 5.89. The van der Waals surface area contributed by atoms with Crippen LogP contribution >= 0.6 is 0 Å². The number of fused-ring (bicyclic) bond motifs is 1. The van der Waals surface area contributed by atoms with Crippen LogP contribution in [0.5, 0.6) is 5.75 Å². The third-order valence-electron chi connectivity index (χ3n) is 6.32. The molecule has 0 unspecified atom stereocenters. The van der Waals surface area contributed by atoms with Gasteiger partial charge in [0, 0.05) is 5.56 Å². The SMILES string of the molecule is CCCOc1cc2c(cc1/C=C/c1ccc(C(=O)OCC)cc1)C(C)(C)CCC2(C)C. The zero-order chi connectivity index (χ0) is 22.6. The molecule has 0 fully saturated rings. The van der Waals surface area contributed by atoms with E-state index in [1.54, 1.807) is 0 Å². The topological polar surface area (TPSA) is 35.5 Å². The Hall–Kier alpha value is -2.55. The Morgan fingerprint density at radius 3 is 2.13 bits per heavy atom. The molecule has 2 aromatic rings. The van der Waals surface area contributed by atoms with Crippen molar-refractivity contribution in [1.82, 2.24) is 0 Å². The largest absolute Gasteiger partial charge is 0.493 e. The van der Waals surface area contributed by atoms with Gasteiger partial charge in [0.2, 0.25) is 0 Å². The second-order valence-corrected chi connectivity index (χ2v) is 9.73. The van der Waals surface area contributed by atoms with Gasteiger partial charge >= 0.3 is 5.97 Å². The van der Waals surface area contributed by atoms with Crippen molar-refractivity contribution in [2.45, 2.75) is 71.6 Å². The monoisotopic (exact) mass is 420 g/mol. The highest BCUT2D eigenvalue weighted by Crippen LogP contribution is 2.47. The molecule has 2 aromatic carbocycles. The van der Waals surface area contributed by atoms with Gasteiger partial charge in [0.05, 0.1) is 18.8 Å². The molecule has 0 atom stereocenters. The molecule has 0 saturated heterocycles. The van der Waals surface area contributed by atoms with Gasteiger partial charge in [0.25, 0.3) is 0 Å². The molecule has 0 bridgehead atoms. The summed E-state index contributed by atoms with van der Waals surface area (Å²) in [5, 5.41) is 0. The third-order valence-corrected chi connectivity index (χ3v) is 6.32. The molecule has 0 heterocycles. The Bertz CT molecular complexity index is 949. The first-order valence-electron chi connectivity index (χ1n) is 11.4. The van der Waals surface area contributed by atoms with E-state index >= 15 is 0 Å². The fourth-order valence-corrected chi connectivity index (χ4v) is 4.21. The molecule has 0 N–H and O–H groups in total. The maximum Gasteiger partial charge on any atom is 0.338 e. The zero-order valence-corrected chi connectivity index (χ0v) is 19.9. The molecule has 0 aliphatic heterocycles.